The summed E-state index contributed by atoms with van der Waals surface area (Å²) in [6.45, 7) is 2.73. The van der Waals surface area contributed by atoms with Gasteiger partial charge in [0.05, 0.1) is 12.2 Å². The second-order valence-corrected chi connectivity index (χ2v) is 6.59. The van der Waals surface area contributed by atoms with Crippen molar-refractivity contribution in [1.29, 1.82) is 0 Å². The lowest BCUT2D eigenvalue weighted by atomic mass is 9.95. The first-order valence-corrected chi connectivity index (χ1v) is 9.18. The third-order valence-electron chi connectivity index (χ3n) is 4.23. The number of halogens is 1. The van der Waals surface area contributed by atoms with Gasteiger partial charge in [0.25, 0.3) is 0 Å². The Morgan fingerprint density at radius 3 is 2.74 bits per heavy atom. The number of unbranched alkanes of at least 4 members (excludes halogenated alkanes) is 1. The summed E-state index contributed by atoms with van der Waals surface area (Å²) in [5, 5.41) is 9.89. The highest BCUT2D eigenvalue weighted by Gasteiger charge is 2.14. The number of carboxylic acids is 1. The molecule has 0 aliphatic rings. The SMILES string of the molecule is CCCCOc1ccc(Cl)cc1-c1cnccc1-c1cccc(C(=O)O)c1. The quantitative estimate of drug-likeness (QED) is 0.514. The van der Waals surface area contributed by atoms with Gasteiger partial charge in [0.15, 0.2) is 0 Å². The van der Waals surface area contributed by atoms with Gasteiger partial charge in [-0.15, -0.1) is 0 Å². The van der Waals surface area contributed by atoms with Crippen molar-refractivity contribution in [3.05, 3.63) is 71.5 Å². The van der Waals surface area contributed by atoms with Gasteiger partial charge < -0.3 is 9.84 Å². The number of carboxylic acid groups (broad SMARTS) is 1. The van der Waals surface area contributed by atoms with Crippen molar-refractivity contribution >= 4 is 17.6 Å². The maximum atomic E-state index is 11.3. The lowest BCUT2D eigenvalue weighted by molar-refractivity contribution is 0.0697. The third-order valence-corrected chi connectivity index (χ3v) is 4.46. The summed E-state index contributed by atoms with van der Waals surface area (Å²) in [7, 11) is 0. The summed E-state index contributed by atoms with van der Waals surface area (Å²) in [6.07, 6.45) is 5.45. The van der Waals surface area contributed by atoms with Crippen molar-refractivity contribution in [3.8, 4) is 28.0 Å². The predicted molar refractivity (Wildman–Crippen MR) is 107 cm³/mol. The summed E-state index contributed by atoms with van der Waals surface area (Å²) in [4.78, 5) is 15.6. The van der Waals surface area contributed by atoms with Crippen molar-refractivity contribution in [3.63, 3.8) is 0 Å². The fourth-order valence-corrected chi connectivity index (χ4v) is 3.02. The molecular weight excluding hydrogens is 362 g/mol. The molecule has 2 aromatic carbocycles. The van der Waals surface area contributed by atoms with Crippen molar-refractivity contribution in [2.45, 2.75) is 19.8 Å². The van der Waals surface area contributed by atoms with Crippen LogP contribution in [-0.2, 0) is 0 Å². The van der Waals surface area contributed by atoms with Gasteiger partial charge in [-0.1, -0.05) is 37.1 Å². The minimum Gasteiger partial charge on any atom is -0.493 e. The number of hydrogen-bond donors (Lipinski definition) is 1. The molecular formula is C22H20ClNO3. The fourth-order valence-electron chi connectivity index (χ4n) is 2.85. The molecule has 0 fully saturated rings. The first-order chi connectivity index (χ1) is 13.1. The lowest BCUT2D eigenvalue weighted by Crippen LogP contribution is -1.99. The van der Waals surface area contributed by atoms with Crippen LogP contribution in [0.25, 0.3) is 22.3 Å². The van der Waals surface area contributed by atoms with Crippen molar-refractivity contribution in [2.24, 2.45) is 0 Å². The molecule has 0 saturated carbocycles. The van der Waals surface area contributed by atoms with E-state index in [1.54, 1.807) is 36.7 Å². The number of pyridine rings is 1. The van der Waals surface area contributed by atoms with Gasteiger partial charge in [-0.2, -0.15) is 0 Å². The number of aromatic carboxylic acids is 1. The second kappa shape index (κ2) is 8.69. The van der Waals surface area contributed by atoms with Gasteiger partial charge >= 0.3 is 5.97 Å². The molecule has 0 saturated heterocycles. The van der Waals surface area contributed by atoms with Crippen LogP contribution in [-0.4, -0.2) is 22.7 Å². The van der Waals surface area contributed by atoms with Crippen LogP contribution in [0.15, 0.2) is 60.9 Å². The average molecular weight is 382 g/mol. The molecule has 138 valence electrons. The Morgan fingerprint density at radius 1 is 1.11 bits per heavy atom. The molecule has 1 N–H and O–H groups in total. The second-order valence-electron chi connectivity index (χ2n) is 6.15. The van der Waals surface area contributed by atoms with Crippen molar-refractivity contribution in [2.75, 3.05) is 6.61 Å². The summed E-state index contributed by atoms with van der Waals surface area (Å²) in [6, 6.07) is 14.2. The van der Waals surface area contributed by atoms with Gasteiger partial charge in [-0.3, -0.25) is 4.98 Å². The van der Waals surface area contributed by atoms with E-state index >= 15 is 0 Å². The van der Waals surface area contributed by atoms with E-state index in [-0.39, 0.29) is 5.56 Å². The Morgan fingerprint density at radius 2 is 1.96 bits per heavy atom. The number of hydrogen-bond acceptors (Lipinski definition) is 3. The highest BCUT2D eigenvalue weighted by molar-refractivity contribution is 6.31. The molecule has 5 heteroatoms. The van der Waals surface area contributed by atoms with Gasteiger partial charge in [0.2, 0.25) is 0 Å². The first-order valence-electron chi connectivity index (χ1n) is 8.80. The van der Waals surface area contributed by atoms with Crippen LogP contribution in [0.2, 0.25) is 5.02 Å². The van der Waals surface area contributed by atoms with E-state index in [0.717, 1.165) is 40.8 Å². The van der Waals surface area contributed by atoms with Crippen molar-refractivity contribution in [1.82, 2.24) is 4.98 Å². The molecule has 0 spiro atoms. The molecule has 0 bridgehead atoms. The molecule has 0 aliphatic heterocycles. The minimum absolute atomic E-state index is 0.237. The highest BCUT2D eigenvalue weighted by atomic mass is 35.5. The molecule has 27 heavy (non-hydrogen) atoms. The van der Waals surface area contributed by atoms with E-state index in [1.165, 1.54) is 0 Å². The number of aromatic nitrogens is 1. The summed E-state index contributed by atoms with van der Waals surface area (Å²) in [5.74, 6) is -0.227. The van der Waals surface area contributed by atoms with E-state index in [4.69, 9.17) is 16.3 Å². The van der Waals surface area contributed by atoms with Gasteiger partial charge in [-0.25, -0.2) is 4.79 Å². The average Bonchev–Trinajstić information content (AvgIpc) is 2.69. The number of nitrogens with zero attached hydrogens (tertiary/aromatic N) is 1. The Kier molecular flexibility index (Phi) is 6.09. The zero-order valence-electron chi connectivity index (χ0n) is 15.0. The van der Waals surface area contributed by atoms with Gasteiger partial charge in [0, 0.05) is 28.5 Å². The third kappa shape index (κ3) is 4.47. The minimum atomic E-state index is -0.959. The zero-order valence-corrected chi connectivity index (χ0v) is 15.7. The number of benzene rings is 2. The van der Waals surface area contributed by atoms with Crippen molar-refractivity contribution < 1.29 is 14.6 Å². The van der Waals surface area contributed by atoms with E-state index in [9.17, 15) is 9.90 Å². The van der Waals surface area contributed by atoms with Crippen LogP contribution in [0.3, 0.4) is 0 Å². The monoisotopic (exact) mass is 381 g/mol. The molecule has 3 aromatic rings. The van der Waals surface area contributed by atoms with E-state index in [1.807, 2.05) is 24.3 Å². The molecule has 1 heterocycles. The maximum Gasteiger partial charge on any atom is 0.335 e. The topological polar surface area (TPSA) is 59.4 Å². The molecule has 0 radical (unpaired) electrons. The van der Waals surface area contributed by atoms with E-state index in [2.05, 4.69) is 11.9 Å². The first kappa shape index (κ1) is 18.9. The maximum absolute atomic E-state index is 11.3. The number of ether oxygens (including phenoxy) is 1. The largest absolute Gasteiger partial charge is 0.493 e. The van der Waals surface area contributed by atoms with Crippen LogP contribution in [0, 0.1) is 0 Å². The Hall–Kier alpha value is -2.85. The number of rotatable bonds is 7. The van der Waals surface area contributed by atoms with E-state index < -0.39 is 5.97 Å². The van der Waals surface area contributed by atoms with Gasteiger partial charge in [-0.05, 0) is 53.9 Å². The van der Waals surface area contributed by atoms with Crippen LogP contribution in [0.1, 0.15) is 30.1 Å². The van der Waals surface area contributed by atoms with Crippen LogP contribution in [0.5, 0.6) is 5.75 Å². The molecule has 0 aliphatic carbocycles. The van der Waals surface area contributed by atoms with Crippen LogP contribution in [0.4, 0.5) is 0 Å². The smallest absolute Gasteiger partial charge is 0.335 e. The number of carbonyl (C=O) groups is 1. The zero-order chi connectivity index (χ0) is 19.2. The normalized spacial score (nSPS) is 10.6. The summed E-state index contributed by atoms with van der Waals surface area (Å²) in [5.41, 5.74) is 3.58. The predicted octanol–water partition coefficient (Wildman–Crippen LogP) is 5.95. The van der Waals surface area contributed by atoms with Crippen LogP contribution < -0.4 is 4.74 Å². The Balaban J connectivity index is 2.10. The molecule has 0 atom stereocenters. The standard InChI is InChI=1S/C22H20ClNO3/c1-2-3-11-27-21-8-7-17(23)13-19(21)20-14-24-10-9-18(20)15-5-4-6-16(12-15)22(25)26/h4-10,12-14H,2-3,11H2,1H3,(H,25,26). The van der Waals surface area contributed by atoms with E-state index in [0.29, 0.717) is 11.6 Å². The molecule has 3 rings (SSSR count). The molecule has 0 amide bonds. The lowest BCUT2D eigenvalue weighted by Gasteiger charge is -2.15. The Bertz CT molecular complexity index is 956. The Labute approximate surface area is 163 Å². The fraction of sp³-hybridized carbons (Fsp3) is 0.182. The van der Waals surface area contributed by atoms with Gasteiger partial charge in [0.1, 0.15) is 5.75 Å². The van der Waals surface area contributed by atoms with Crippen LogP contribution >= 0.6 is 11.6 Å². The highest BCUT2D eigenvalue weighted by Crippen LogP contribution is 2.38. The summed E-state index contributed by atoms with van der Waals surface area (Å²) >= 11 is 6.24. The molecule has 4 nitrogen and oxygen atoms in total. The summed E-state index contributed by atoms with van der Waals surface area (Å²) < 4.78 is 5.96. The molecule has 0 unspecified atom stereocenters. The molecule has 1 aromatic heterocycles.